The van der Waals surface area contributed by atoms with E-state index in [1.807, 2.05) is 31.2 Å². The van der Waals surface area contributed by atoms with Gasteiger partial charge in [0.1, 0.15) is 0 Å². The number of carbonyl (C=O) groups is 1. The maximum atomic E-state index is 11.7. The second-order valence-corrected chi connectivity index (χ2v) is 9.71. The van der Waals surface area contributed by atoms with E-state index in [1.165, 1.54) is 6.26 Å². The van der Waals surface area contributed by atoms with Gasteiger partial charge >= 0.3 is 0 Å². The van der Waals surface area contributed by atoms with Crippen LogP contribution in [0.5, 0.6) is 0 Å². The molecule has 1 aromatic heterocycles. The molecular formula is C25H22N4O3S. The minimum atomic E-state index is -3.22. The zero-order valence-electron chi connectivity index (χ0n) is 18.1. The summed E-state index contributed by atoms with van der Waals surface area (Å²) in [6.45, 7) is 1.97. The molecule has 0 atom stereocenters. The number of sulfone groups is 1. The Kier molecular flexibility index (Phi) is 5.93. The normalized spacial score (nSPS) is 11.2. The van der Waals surface area contributed by atoms with Crippen molar-refractivity contribution in [2.75, 3.05) is 11.6 Å². The first-order valence-corrected chi connectivity index (χ1v) is 12.0. The van der Waals surface area contributed by atoms with Gasteiger partial charge in [0.05, 0.1) is 4.90 Å². The number of rotatable bonds is 6. The molecule has 3 aromatic carbocycles. The summed E-state index contributed by atoms with van der Waals surface area (Å²) < 4.78 is 23.3. The molecule has 0 spiro atoms. The van der Waals surface area contributed by atoms with Crippen LogP contribution in [0.25, 0.3) is 22.3 Å². The lowest BCUT2D eigenvalue weighted by Gasteiger charge is -2.11. The number of nitrogens with two attached hydrogens (primary N) is 1. The number of nitrogens with zero attached hydrogens (tertiary/aromatic N) is 2. The van der Waals surface area contributed by atoms with Gasteiger partial charge in [0, 0.05) is 35.5 Å². The SMILES string of the molecule is Cc1cc(-c2ccc(S(C)(=O)=O)cc2)ccc1Nc1ncc(-c2cccc(C(N)=O)c2)cn1. The van der Waals surface area contributed by atoms with Gasteiger partial charge in [-0.05, 0) is 65.6 Å². The van der Waals surface area contributed by atoms with Gasteiger partial charge < -0.3 is 11.1 Å². The van der Waals surface area contributed by atoms with Gasteiger partial charge in [0.25, 0.3) is 0 Å². The lowest BCUT2D eigenvalue weighted by atomic mass is 10.0. The first-order chi connectivity index (χ1) is 15.7. The molecule has 0 saturated heterocycles. The minimum Gasteiger partial charge on any atom is -0.366 e. The monoisotopic (exact) mass is 458 g/mol. The third-order valence-electron chi connectivity index (χ3n) is 5.22. The molecule has 0 fully saturated rings. The molecule has 166 valence electrons. The highest BCUT2D eigenvalue weighted by atomic mass is 32.2. The summed E-state index contributed by atoms with van der Waals surface area (Å²) >= 11 is 0. The maximum Gasteiger partial charge on any atom is 0.248 e. The van der Waals surface area contributed by atoms with E-state index in [1.54, 1.807) is 54.9 Å². The zero-order chi connectivity index (χ0) is 23.6. The van der Waals surface area contributed by atoms with Gasteiger partial charge in [-0.2, -0.15) is 0 Å². The van der Waals surface area contributed by atoms with Crippen molar-refractivity contribution in [2.45, 2.75) is 11.8 Å². The predicted octanol–water partition coefficient (Wildman–Crippen LogP) is 4.37. The van der Waals surface area contributed by atoms with Crippen LogP contribution in [0, 0.1) is 6.92 Å². The average Bonchev–Trinajstić information content (AvgIpc) is 2.80. The van der Waals surface area contributed by atoms with Crippen LogP contribution < -0.4 is 11.1 Å². The first-order valence-electron chi connectivity index (χ1n) is 10.1. The van der Waals surface area contributed by atoms with Crippen LogP contribution in [0.1, 0.15) is 15.9 Å². The molecule has 4 aromatic rings. The van der Waals surface area contributed by atoms with Crippen LogP contribution in [0.3, 0.4) is 0 Å². The highest BCUT2D eigenvalue weighted by Gasteiger charge is 2.09. The molecule has 7 nitrogen and oxygen atoms in total. The lowest BCUT2D eigenvalue weighted by Crippen LogP contribution is -2.10. The van der Waals surface area contributed by atoms with Gasteiger partial charge in [-0.25, -0.2) is 18.4 Å². The smallest absolute Gasteiger partial charge is 0.248 e. The number of carbonyl (C=O) groups excluding carboxylic acids is 1. The van der Waals surface area contributed by atoms with E-state index >= 15 is 0 Å². The minimum absolute atomic E-state index is 0.295. The third-order valence-corrected chi connectivity index (χ3v) is 6.35. The summed E-state index contributed by atoms with van der Waals surface area (Å²) in [6.07, 6.45) is 4.56. The fourth-order valence-corrected chi connectivity index (χ4v) is 4.02. The van der Waals surface area contributed by atoms with E-state index in [2.05, 4.69) is 15.3 Å². The predicted molar refractivity (Wildman–Crippen MR) is 129 cm³/mol. The molecule has 4 rings (SSSR count). The van der Waals surface area contributed by atoms with E-state index in [4.69, 9.17) is 5.73 Å². The average molecular weight is 459 g/mol. The summed E-state index contributed by atoms with van der Waals surface area (Å²) in [6, 6.07) is 19.7. The van der Waals surface area contributed by atoms with Gasteiger partial charge in [0.2, 0.25) is 11.9 Å². The standard InChI is InChI=1S/C25H22N4O3S/c1-16-12-19(17-6-9-22(10-7-17)33(2,31)32)8-11-23(16)29-25-27-14-21(15-28-25)18-4-3-5-20(13-18)24(26)30/h3-15H,1-2H3,(H2,26,30)(H,27,28,29). The Morgan fingerprint density at radius 3 is 2.09 bits per heavy atom. The summed E-state index contributed by atoms with van der Waals surface area (Å²) in [5, 5.41) is 3.21. The van der Waals surface area contributed by atoms with Crippen LogP contribution in [-0.4, -0.2) is 30.5 Å². The molecule has 1 heterocycles. The number of nitrogens with one attached hydrogen (secondary N) is 1. The number of amides is 1. The van der Waals surface area contributed by atoms with Gasteiger partial charge in [0.15, 0.2) is 9.84 Å². The molecule has 0 saturated carbocycles. The van der Waals surface area contributed by atoms with Crippen molar-refractivity contribution in [2.24, 2.45) is 5.73 Å². The molecule has 1 amide bonds. The largest absolute Gasteiger partial charge is 0.366 e. The van der Waals surface area contributed by atoms with Crippen molar-refractivity contribution in [1.82, 2.24) is 9.97 Å². The molecule has 3 N–H and O–H groups in total. The number of aryl methyl sites for hydroxylation is 1. The van der Waals surface area contributed by atoms with Crippen molar-refractivity contribution in [1.29, 1.82) is 0 Å². The second kappa shape index (κ2) is 8.84. The summed E-state index contributed by atoms with van der Waals surface area (Å²) in [5.41, 5.74) is 11.1. The van der Waals surface area contributed by atoms with Crippen LogP contribution in [0.2, 0.25) is 0 Å². The van der Waals surface area contributed by atoms with Crippen molar-refractivity contribution < 1.29 is 13.2 Å². The molecule has 0 radical (unpaired) electrons. The number of benzene rings is 3. The van der Waals surface area contributed by atoms with E-state index in [9.17, 15) is 13.2 Å². The van der Waals surface area contributed by atoms with Crippen molar-refractivity contribution in [3.63, 3.8) is 0 Å². The summed E-state index contributed by atoms with van der Waals surface area (Å²) in [4.78, 5) is 20.5. The molecule has 0 aliphatic carbocycles. The molecule has 0 aliphatic heterocycles. The van der Waals surface area contributed by atoms with Gasteiger partial charge in [-0.3, -0.25) is 4.79 Å². The first kappa shape index (κ1) is 22.2. The van der Waals surface area contributed by atoms with E-state index in [-0.39, 0.29) is 0 Å². The quantitative estimate of drug-likeness (QED) is 0.443. The van der Waals surface area contributed by atoms with Crippen molar-refractivity contribution in [3.05, 3.63) is 90.3 Å². The Labute approximate surface area is 192 Å². The second-order valence-electron chi connectivity index (χ2n) is 7.69. The molecule has 0 aliphatic rings. The van der Waals surface area contributed by atoms with Gasteiger partial charge in [-0.1, -0.05) is 30.3 Å². The Balaban J connectivity index is 1.52. The topological polar surface area (TPSA) is 115 Å². The number of anilines is 2. The van der Waals surface area contributed by atoms with Crippen LogP contribution in [0.4, 0.5) is 11.6 Å². The Bertz CT molecular complexity index is 1430. The summed E-state index contributed by atoms with van der Waals surface area (Å²) in [7, 11) is -3.22. The molecule has 0 unspecified atom stereocenters. The molecule has 0 bridgehead atoms. The fraction of sp³-hybridized carbons (Fsp3) is 0.0800. The molecule has 33 heavy (non-hydrogen) atoms. The van der Waals surface area contributed by atoms with Crippen LogP contribution in [0.15, 0.2) is 84.0 Å². The summed E-state index contributed by atoms with van der Waals surface area (Å²) in [5.74, 6) is -0.0421. The van der Waals surface area contributed by atoms with Crippen LogP contribution >= 0.6 is 0 Å². The third kappa shape index (κ3) is 5.07. The zero-order valence-corrected chi connectivity index (χ0v) is 18.9. The molecular weight excluding hydrogens is 436 g/mol. The Hall–Kier alpha value is -4.04. The maximum absolute atomic E-state index is 11.7. The Morgan fingerprint density at radius 1 is 0.848 bits per heavy atom. The van der Waals surface area contributed by atoms with Crippen LogP contribution in [-0.2, 0) is 9.84 Å². The highest BCUT2D eigenvalue weighted by molar-refractivity contribution is 7.90. The van der Waals surface area contributed by atoms with E-state index in [0.29, 0.717) is 16.4 Å². The Morgan fingerprint density at radius 2 is 1.48 bits per heavy atom. The number of hydrogen-bond donors (Lipinski definition) is 2. The van der Waals surface area contributed by atoms with Crippen molar-refractivity contribution >= 4 is 27.4 Å². The molecule has 8 heteroatoms. The van der Waals surface area contributed by atoms with Crippen molar-refractivity contribution in [3.8, 4) is 22.3 Å². The number of hydrogen-bond acceptors (Lipinski definition) is 6. The van der Waals surface area contributed by atoms with Gasteiger partial charge in [-0.15, -0.1) is 0 Å². The number of aromatic nitrogens is 2. The number of primary amides is 1. The lowest BCUT2D eigenvalue weighted by molar-refractivity contribution is 0.100. The fourth-order valence-electron chi connectivity index (χ4n) is 3.39. The highest BCUT2D eigenvalue weighted by Crippen LogP contribution is 2.27. The van der Waals surface area contributed by atoms with E-state index in [0.717, 1.165) is 33.5 Å². The van der Waals surface area contributed by atoms with E-state index < -0.39 is 15.7 Å².